The van der Waals surface area contributed by atoms with E-state index in [-0.39, 0.29) is 5.91 Å². The molecule has 0 aromatic carbocycles. The first-order valence-corrected chi connectivity index (χ1v) is 8.81. The Labute approximate surface area is 133 Å². The van der Waals surface area contributed by atoms with Crippen molar-refractivity contribution in [1.29, 1.82) is 0 Å². The molecule has 120 valence electrons. The van der Waals surface area contributed by atoms with E-state index < -0.39 is 0 Å². The van der Waals surface area contributed by atoms with E-state index in [0.717, 1.165) is 44.6 Å². The summed E-state index contributed by atoms with van der Waals surface area (Å²) in [4.78, 5) is 21.6. The smallest absolute Gasteiger partial charge is 0.272 e. The first-order chi connectivity index (χ1) is 10.8. The summed E-state index contributed by atoms with van der Waals surface area (Å²) in [5.74, 6) is 0.116. The number of nitrogens with zero attached hydrogens (tertiary/aromatic N) is 3. The van der Waals surface area contributed by atoms with Crippen LogP contribution in [0.15, 0.2) is 18.3 Å². The Morgan fingerprint density at radius 3 is 2.73 bits per heavy atom. The van der Waals surface area contributed by atoms with Crippen LogP contribution in [0.5, 0.6) is 0 Å². The lowest BCUT2D eigenvalue weighted by Gasteiger charge is -2.35. The van der Waals surface area contributed by atoms with E-state index in [4.69, 9.17) is 0 Å². The van der Waals surface area contributed by atoms with Crippen molar-refractivity contribution in [2.75, 3.05) is 24.5 Å². The van der Waals surface area contributed by atoms with E-state index in [1.807, 2.05) is 17.0 Å². The molecule has 0 N–H and O–H groups in total. The van der Waals surface area contributed by atoms with Crippen molar-refractivity contribution in [2.45, 2.75) is 57.9 Å². The number of hydrogen-bond donors (Lipinski definition) is 0. The van der Waals surface area contributed by atoms with Gasteiger partial charge in [0.2, 0.25) is 0 Å². The number of aromatic nitrogens is 1. The molecule has 3 heterocycles. The molecular weight excluding hydrogens is 274 g/mol. The molecule has 0 aliphatic carbocycles. The Balaban J connectivity index is 1.77. The second-order valence-corrected chi connectivity index (χ2v) is 6.50. The van der Waals surface area contributed by atoms with Crippen molar-refractivity contribution < 1.29 is 4.79 Å². The van der Waals surface area contributed by atoms with Crippen LogP contribution >= 0.6 is 0 Å². The van der Waals surface area contributed by atoms with Crippen LogP contribution < -0.4 is 4.90 Å². The summed E-state index contributed by atoms with van der Waals surface area (Å²) < 4.78 is 0. The van der Waals surface area contributed by atoms with Gasteiger partial charge in [-0.2, -0.15) is 0 Å². The number of amides is 1. The highest BCUT2D eigenvalue weighted by Crippen LogP contribution is 2.24. The summed E-state index contributed by atoms with van der Waals surface area (Å²) in [6.07, 6.45) is 10.1. The van der Waals surface area contributed by atoms with Gasteiger partial charge in [0.15, 0.2) is 0 Å². The molecule has 4 heteroatoms. The zero-order valence-corrected chi connectivity index (χ0v) is 13.6. The van der Waals surface area contributed by atoms with Gasteiger partial charge in [0.25, 0.3) is 5.91 Å². The van der Waals surface area contributed by atoms with Crippen LogP contribution in [0, 0.1) is 0 Å². The number of rotatable bonds is 3. The fourth-order valence-corrected chi connectivity index (χ4v) is 3.72. The minimum Gasteiger partial charge on any atom is -0.371 e. The zero-order chi connectivity index (χ0) is 15.4. The molecule has 1 atom stereocenters. The van der Waals surface area contributed by atoms with Crippen LogP contribution in [-0.2, 0) is 0 Å². The van der Waals surface area contributed by atoms with E-state index in [9.17, 15) is 4.79 Å². The fourth-order valence-electron chi connectivity index (χ4n) is 3.72. The van der Waals surface area contributed by atoms with Gasteiger partial charge in [-0.3, -0.25) is 9.78 Å². The molecule has 1 aromatic rings. The molecule has 0 saturated carbocycles. The van der Waals surface area contributed by atoms with Crippen LogP contribution in [0.25, 0.3) is 0 Å². The predicted molar refractivity (Wildman–Crippen MR) is 89.3 cm³/mol. The normalized spacial score (nSPS) is 22.7. The van der Waals surface area contributed by atoms with Crippen molar-refractivity contribution >= 4 is 11.6 Å². The van der Waals surface area contributed by atoms with Crippen LogP contribution in [-0.4, -0.2) is 41.5 Å². The molecule has 3 rings (SSSR count). The highest BCUT2D eigenvalue weighted by atomic mass is 16.2. The van der Waals surface area contributed by atoms with Crippen LogP contribution in [0.2, 0.25) is 0 Å². The molecule has 1 aromatic heterocycles. The summed E-state index contributed by atoms with van der Waals surface area (Å²) in [5.41, 5.74) is 1.77. The largest absolute Gasteiger partial charge is 0.371 e. The average Bonchev–Trinajstić information content (AvgIpc) is 2.62. The van der Waals surface area contributed by atoms with Crippen molar-refractivity contribution in [2.24, 2.45) is 0 Å². The highest BCUT2D eigenvalue weighted by molar-refractivity contribution is 5.93. The van der Waals surface area contributed by atoms with Crippen LogP contribution in [0.1, 0.15) is 62.4 Å². The summed E-state index contributed by atoms with van der Waals surface area (Å²) in [6, 6.07) is 4.42. The third-order valence-electron chi connectivity index (χ3n) is 5.04. The molecule has 2 aliphatic rings. The SMILES string of the molecule is CCC1CCCCN1C(=O)c1cc(N2CCCCC2)ccn1. The number of likely N-dealkylation sites (tertiary alicyclic amines) is 1. The standard InChI is InChI=1S/C18H27N3O/c1-2-15-8-4-7-13-21(15)18(22)17-14-16(9-10-19-17)20-11-5-3-6-12-20/h9-10,14-15H,2-8,11-13H2,1H3. The van der Waals surface area contributed by atoms with Crippen molar-refractivity contribution in [3.63, 3.8) is 0 Å². The Morgan fingerprint density at radius 2 is 1.95 bits per heavy atom. The van der Waals surface area contributed by atoms with Gasteiger partial charge < -0.3 is 9.80 Å². The maximum absolute atomic E-state index is 12.8. The van der Waals surface area contributed by atoms with E-state index in [1.165, 1.54) is 25.7 Å². The Kier molecular flexibility index (Phi) is 4.96. The van der Waals surface area contributed by atoms with Crippen molar-refractivity contribution in [3.8, 4) is 0 Å². The summed E-state index contributed by atoms with van der Waals surface area (Å²) in [5, 5.41) is 0. The minimum absolute atomic E-state index is 0.116. The Bertz CT molecular complexity index is 511. The van der Waals surface area contributed by atoms with Gasteiger partial charge in [0.05, 0.1) is 0 Å². The number of pyridine rings is 1. The first-order valence-electron chi connectivity index (χ1n) is 8.81. The molecule has 1 unspecified atom stereocenters. The highest BCUT2D eigenvalue weighted by Gasteiger charge is 2.27. The molecule has 2 saturated heterocycles. The van der Waals surface area contributed by atoms with Gasteiger partial charge in [-0.25, -0.2) is 0 Å². The second-order valence-electron chi connectivity index (χ2n) is 6.50. The lowest BCUT2D eigenvalue weighted by atomic mass is 9.99. The molecule has 1 amide bonds. The van der Waals surface area contributed by atoms with Gasteiger partial charge in [0, 0.05) is 37.6 Å². The number of hydrogen-bond acceptors (Lipinski definition) is 3. The van der Waals surface area contributed by atoms with Crippen LogP contribution in [0.4, 0.5) is 5.69 Å². The van der Waals surface area contributed by atoms with Gasteiger partial charge in [-0.05, 0) is 57.1 Å². The van der Waals surface area contributed by atoms with E-state index >= 15 is 0 Å². The molecule has 0 bridgehead atoms. The third kappa shape index (κ3) is 3.26. The number of piperidine rings is 2. The summed E-state index contributed by atoms with van der Waals surface area (Å²) in [6.45, 7) is 5.25. The van der Waals surface area contributed by atoms with Gasteiger partial charge in [-0.1, -0.05) is 6.92 Å². The number of carbonyl (C=O) groups excluding carboxylic acids is 1. The van der Waals surface area contributed by atoms with E-state index in [1.54, 1.807) is 6.20 Å². The maximum atomic E-state index is 12.8. The predicted octanol–water partition coefficient (Wildman–Crippen LogP) is 3.48. The zero-order valence-electron chi connectivity index (χ0n) is 13.6. The summed E-state index contributed by atoms with van der Waals surface area (Å²) >= 11 is 0. The van der Waals surface area contributed by atoms with Gasteiger partial charge in [0.1, 0.15) is 5.69 Å². The lowest BCUT2D eigenvalue weighted by Crippen LogP contribution is -2.43. The van der Waals surface area contributed by atoms with E-state index in [0.29, 0.717) is 11.7 Å². The Morgan fingerprint density at radius 1 is 1.18 bits per heavy atom. The first kappa shape index (κ1) is 15.3. The fraction of sp³-hybridized carbons (Fsp3) is 0.667. The van der Waals surface area contributed by atoms with Gasteiger partial charge in [-0.15, -0.1) is 0 Å². The molecular formula is C18H27N3O. The molecule has 0 radical (unpaired) electrons. The second kappa shape index (κ2) is 7.12. The number of carbonyl (C=O) groups is 1. The Hall–Kier alpha value is -1.58. The monoisotopic (exact) mass is 301 g/mol. The molecule has 22 heavy (non-hydrogen) atoms. The van der Waals surface area contributed by atoms with E-state index in [2.05, 4.69) is 16.8 Å². The summed E-state index contributed by atoms with van der Waals surface area (Å²) in [7, 11) is 0. The minimum atomic E-state index is 0.116. The maximum Gasteiger partial charge on any atom is 0.272 e. The number of anilines is 1. The third-order valence-corrected chi connectivity index (χ3v) is 5.04. The topological polar surface area (TPSA) is 36.4 Å². The van der Waals surface area contributed by atoms with Crippen molar-refractivity contribution in [1.82, 2.24) is 9.88 Å². The quantitative estimate of drug-likeness (QED) is 0.857. The average molecular weight is 301 g/mol. The lowest BCUT2D eigenvalue weighted by molar-refractivity contribution is 0.0602. The van der Waals surface area contributed by atoms with Crippen LogP contribution in [0.3, 0.4) is 0 Å². The molecule has 2 fully saturated rings. The van der Waals surface area contributed by atoms with Gasteiger partial charge >= 0.3 is 0 Å². The molecule has 2 aliphatic heterocycles. The van der Waals surface area contributed by atoms with Crippen molar-refractivity contribution in [3.05, 3.63) is 24.0 Å². The molecule has 4 nitrogen and oxygen atoms in total. The molecule has 0 spiro atoms.